The van der Waals surface area contributed by atoms with E-state index in [1.165, 1.54) is 11.0 Å². The summed E-state index contributed by atoms with van der Waals surface area (Å²) in [4.78, 5) is 31.9. The molecule has 180 valence electrons. The second-order valence-corrected chi connectivity index (χ2v) is 8.13. The summed E-state index contributed by atoms with van der Waals surface area (Å²) in [5.41, 5.74) is 2.35. The van der Waals surface area contributed by atoms with Crippen molar-refractivity contribution in [3.8, 4) is 17.2 Å². The van der Waals surface area contributed by atoms with Crippen molar-refractivity contribution in [3.63, 3.8) is 0 Å². The smallest absolute Gasteiger partial charge is 0.295 e. The fraction of sp³-hybridized carbons (Fsp3) is 0.222. The highest BCUT2D eigenvalue weighted by atomic mass is 16.5. The first kappa shape index (κ1) is 23.8. The molecule has 35 heavy (non-hydrogen) atoms. The number of ether oxygens (including phenoxy) is 2. The second-order valence-electron chi connectivity index (χ2n) is 8.13. The molecule has 1 unspecified atom stereocenters. The molecule has 0 radical (unpaired) electrons. The van der Waals surface area contributed by atoms with Gasteiger partial charge < -0.3 is 24.6 Å². The zero-order valence-corrected chi connectivity index (χ0v) is 19.7. The van der Waals surface area contributed by atoms with Crippen molar-refractivity contribution in [2.45, 2.75) is 26.4 Å². The van der Waals surface area contributed by atoms with Gasteiger partial charge in [0, 0.05) is 24.5 Å². The summed E-state index contributed by atoms with van der Waals surface area (Å²) in [5, 5.41) is 21.5. The van der Waals surface area contributed by atoms with E-state index in [4.69, 9.17) is 9.47 Å². The van der Waals surface area contributed by atoms with Crippen LogP contribution in [0.3, 0.4) is 0 Å². The van der Waals surface area contributed by atoms with Crippen LogP contribution in [0.15, 0.2) is 66.5 Å². The Morgan fingerprint density at radius 3 is 2.57 bits per heavy atom. The molecular weight excluding hydrogens is 448 g/mol. The van der Waals surface area contributed by atoms with Gasteiger partial charge in [-0.1, -0.05) is 12.1 Å². The Hall–Kier alpha value is -4.33. The second kappa shape index (κ2) is 9.89. The van der Waals surface area contributed by atoms with Gasteiger partial charge in [-0.05, 0) is 66.9 Å². The van der Waals surface area contributed by atoms with Gasteiger partial charge in [0.05, 0.1) is 25.3 Å². The molecule has 8 nitrogen and oxygen atoms in total. The van der Waals surface area contributed by atoms with E-state index in [9.17, 15) is 19.8 Å². The Labute approximate surface area is 203 Å². The minimum Gasteiger partial charge on any atom is -0.507 e. The van der Waals surface area contributed by atoms with Crippen molar-refractivity contribution < 1.29 is 29.3 Å². The average molecular weight is 475 g/mol. The zero-order valence-electron chi connectivity index (χ0n) is 19.7. The van der Waals surface area contributed by atoms with Gasteiger partial charge in [0.2, 0.25) is 0 Å². The molecule has 1 atom stereocenters. The molecular formula is C27H26N2O6. The fourth-order valence-corrected chi connectivity index (χ4v) is 4.23. The maximum atomic E-state index is 13.3. The third kappa shape index (κ3) is 4.55. The van der Waals surface area contributed by atoms with E-state index < -0.39 is 17.7 Å². The number of likely N-dealkylation sites (tertiary alicyclic amines) is 1. The lowest BCUT2D eigenvalue weighted by molar-refractivity contribution is -0.140. The standard InChI is InChI=1S/C27H26N2O6/c1-4-35-22-13-18(7-9-20(22)30)24-23(25(31)19-8-10-21(34-3)16(2)12-19)26(32)27(33)29(24)15-17-6-5-11-28-14-17/h5-14,24,30-31H,4,15H2,1-3H3/b25-23+. The molecule has 8 heteroatoms. The SMILES string of the molecule is CCOc1cc(C2/C(=C(\O)c3ccc(OC)c(C)c3)C(=O)C(=O)N2Cc2cccnc2)ccc1O. The summed E-state index contributed by atoms with van der Waals surface area (Å²) in [6, 6.07) is 12.3. The Kier molecular flexibility index (Phi) is 6.73. The molecule has 2 aromatic carbocycles. The summed E-state index contributed by atoms with van der Waals surface area (Å²) in [7, 11) is 1.55. The number of aryl methyl sites for hydroxylation is 1. The molecule has 1 aromatic heterocycles. The molecule has 0 bridgehead atoms. The third-order valence-corrected chi connectivity index (χ3v) is 5.88. The van der Waals surface area contributed by atoms with Crippen LogP contribution in [0.25, 0.3) is 5.76 Å². The number of aliphatic hydroxyl groups is 1. The van der Waals surface area contributed by atoms with Gasteiger partial charge in [-0.3, -0.25) is 14.6 Å². The highest BCUT2D eigenvalue weighted by Crippen LogP contribution is 2.42. The molecule has 4 rings (SSSR count). The first-order valence-corrected chi connectivity index (χ1v) is 11.1. The number of methoxy groups -OCH3 is 1. The number of Topliss-reactive ketones (excluding diaryl/α,β-unsaturated/α-hetero) is 1. The number of phenolic OH excluding ortho intramolecular Hbond substituents is 1. The largest absolute Gasteiger partial charge is 0.507 e. The molecule has 1 aliphatic heterocycles. The zero-order chi connectivity index (χ0) is 25.1. The number of nitrogens with zero attached hydrogens (tertiary/aromatic N) is 2. The van der Waals surface area contributed by atoms with Gasteiger partial charge in [0.1, 0.15) is 11.5 Å². The van der Waals surface area contributed by atoms with Crippen LogP contribution in [0.4, 0.5) is 0 Å². The molecule has 1 saturated heterocycles. The molecule has 0 spiro atoms. The molecule has 1 amide bonds. The maximum Gasteiger partial charge on any atom is 0.295 e. The van der Waals surface area contributed by atoms with E-state index in [2.05, 4.69) is 4.98 Å². The van der Waals surface area contributed by atoms with Crippen molar-refractivity contribution >= 4 is 17.4 Å². The average Bonchev–Trinajstić information content (AvgIpc) is 3.10. The van der Waals surface area contributed by atoms with E-state index in [-0.39, 0.29) is 29.4 Å². The topological polar surface area (TPSA) is 109 Å². The number of phenols is 1. The lowest BCUT2D eigenvalue weighted by Crippen LogP contribution is -2.29. The summed E-state index contributed by atoms with van der Waals surface area (Å²) in [5.74, 6) is -1.04. The number of benzene rings is 2. The first-order valence-electron chi connectivity index (χ1n) is 11.1. The van der Waals surface area contributed by atoms with E-state index in [0.717, 1.165) is 11.1 Å². The van der Waals surface area contributed by atoms with Crippen molar-refractivity contribution in [1.29, 1.82) is 0 Å². The normalized spacial score (nSPS) is 17.0. The van der Waals surface area contributed by atoms with Crippen molar-refractivity contribution in [3.05, 3.63) is 88.8 Å². The number of carbonyl (C=O) groups excluding carboxylic acids is 2. The van der Waals surface area contributed by atoms with Gasteiger partial charge in [-0.2, -0.15) is 0 Å². The third-order valence-electron chi connectivity index (χ3n) is 5.88. The minimum absolute atomic E-state index is 0.0448. The van der Waals surface area contributed by atoms with Crippen molar-refractivity contribution in [2.75, 3.05) is 13.7 Å². The highest BCUT2D eigenvalue weighted by molar-refractivity contribution is 6.46. The molecule has 2 N–H and O–H groups in total. The van der Waals surface area contributed by atoms with Gasteiger partial charge >= 0.3 is 0 Å². The summed E-state index contributed by atoms with van der Waals surface area (Å²) >= 11 is 0. The van der Waals surface area contributed by atoms with Crippen LogP contribution in [0.1, 0.15) is 35.2 Å². The highest BCUT2D eigenvalue weighted by Gasteiger charge is 2.46. The number of aromatic hydroxyl groups is 1. The number of aromatic nitrogens is 1. The number of hydrogen-bond donors (Lipinski definition) is 2. The number of carbonyl (C=O) groups is 2. The predicted octanol–water partition coefficient (Wildman–Crippen LogP) is 4.12. The number of pyridine rings is 1. The summed E-state index contributed by atoms with van der Waals surface area (Å²) < 4.78 is 10.8. The van der Waals surface area contributed by atoms with Gasteiger partial charge in [-0.25, -0.2) is 0 Å². The molecule has 3 aromatic rings. The number of aliphatic hydroxyl groups excluding tert-OH is 1. The van der Waals surface area contributed by atoms with E-state index >= 15 is 0 Å². The van der Waals surface area contributed by atoms with Crippen LogP contribution >= 0.6 is 0 Å². The first-order chi connectivity index (χ1) is 16.8. The van der Waals surface area contributed by atoms with Crippen molar-refractivity contribution in [1.82, 2.24) is 9.88 Å². The number of ketones is 1. The lowest BCUT2D eigenvalue weighted by atomic mass is 9.94. The molecule has 0 saturated carbocycles. The number of amides is 1. The van der Waals surface area contributed by atoms with E-state index in [0.29, 0.717) is 23.5 Å². The van der Waals surface area contributed by atoms with Gasteiger partial charge in [-0.15, -0.1) is 0 Å². The van der Waals surface area contributed by atoms with E-state index in [1.807, 2.05) is 6.92 Å². The Morgan fingerprint density at radius 1 is 1.11 bits per heavy atom. The molecule has 2 heterocycles. The maximum absolute atomic E-state index is 13.3. The van der Waals surface area contributed by atoms with Crippen LogP contribution in [0, 0.1) is 6.92 Å². The Balaban J connectivity index is 1.89. The number of rotatable bonds is 7. The fourth-order valence-electron chi connectivity index (χ4n) is 4.23. The summed E-state index contributed by atoms with van der Waals surface area (Å²) in [6.45, 7) is 4.03. The van der Waals surface area contributed by atoms with Crippen molar-refractivity contribution in [2.24, 2.45) is 0 Å². The number of hydrogen-bond acceptors (Lipinski definition) is 7. The van der Waals surface area contributed by atoms with Crippen LogP contribution in [0.2, 0.25) is 0 Å². The quantitative estimate of drug-likeness (QED) is 0.301. The summed E-state index contributed by atoms with van der Waals surface area (Å²) in [6.07, 6.45) is 3.24. The molecule has 1 aliphatic rings. The van der Waals surface area contributed by atoms with Crippen LogP contribution in [-0.2, 0) is 16.1 Å². The van der Waals surface area contributed by atoms with Gasteiger partial charge in [0.25, 0.3) is 11.7 Å². The monoisotopic (exact) mass is 474 g/mol. The molecule has 1 fully saturated rings. The van der Waals surface area contributed by atoms with E-state index in [1.54, 1.807) is 68.9 Å². The molecule has 0 aliphatic carbocycles. The predicted molar refractivity (Wildman–Crippen MR) is 129 cm³/mol. The lowest BCUT2D eigenvalue weighted by Gasteiger charge is -2.26. The van der Waals surface area contributed by atoms with Crippen LogP contribution in [0.5, 0.6) is 17.2 Å². The van der Waals surface area contributed by atoms with Crippen LogP contribution < -0.4 is 9.47 Å². The Bertz CT molecular complexity index is 1300. The van der Waals surface area contributed by atoms with Crippen LogP contribution in [-0.4, -0.2) is 45.5 Å². The minimum atomic E-state index is -0.905. The Morgan fingerprint density at radius 2 is 1.91 bits per heavy atom. The van der Waals surface area contributed by atoms with Gasteiger partial charge in [0.15, 0.2) is 11.5 Å².